The van der Waals surface area contributed by atoms with E-state index in [1.165, 1.54) is 0 Å². The maximum absolute atomic E-state index is 11.2. The molecule has 0 atom stereocenters. The van der Waals surface area contributed by atoms with Gasteiger partial charge < -0.3 is 15.8 Å². The Bertz CT molecular complexity index is 282. The molecule has 0 unspecified atom stereocenters. The first-order chi connectivity index (χ1) is 7.45. The van der Waals surface area contributed by atoms with Gasteiger partial charge >= 0.3 is 0 Å². The number of nitrogens with zero attached hydrogens (tertiary/aromatic N) is 2. The highest BCUT2D eigenvalue weighted by Gasteiger charge is 2.25. The summed E-state index contributed by atoms with van der Waals surface area (Å²) < 4.78 is 11.2. The van der Waals surface area contributed by atoms with Gasteiger partial charge in [0.15, 0.2) is 0 Å². The van der Waals surface area contributed by atoms with Crippen molar-refractivity contribution in [3.05, 3.63) is 0 Å². The molecule has 0 spiro atoms. The van der Waals surface area contributed by atoms with Gasteiger partial charge in [0.25, 0.3) is 0 Å². The van der Waals surface area contributed by atoms with E-state index in [1.807, 2.05) is 13.8 Å². The second kappa shape index (κ2) is 5.63. The minimum absolute atomic E-state index is 0.271. The third kappa shape index (κ3) is 3.75. The fraction of sp³-hybridized carbons (Fsp3) is 0.900. The molecular formula is C10H21N3O2S. The molecule has 1 saturated heterocycles. The molecule has 0 bridgehead atoms. The highest BCUT2D eigenvalue weighted by Crippen LogP contribution is 2.21. The van der Waals surface area contributed by atoms with Crippen LogP contribution < -0.4 is 5.73 Å². The SMILES string of the molecule is CC(C)(CCN1CCS(=O)CC1)C(N)=NO. The van der Waals surface area contributed by atoms with Crippen LogP contribution in [0.25, 0.3) is 0 Å². The lowest BCUT2D eigenvalue weighted by atomic mass is 9.88. The minimum atomic E-state index is -0.626. The van der Waals surface area contributed by atoms with Crippen molar-refractivity contribution in [2.45, 2.75) is 20.3 Å². The van der Waals surface area contributed by atoms with Crippen LogP contribution in [0.5, 0.6) is 0 Å². The van der Waals surface area contributed by atoms with Gasteiger partial charge in [-0.15, -0.1) is 0 Å². The molecule has 0 aromatic rings. The molecule has 3 N–H and O–H groups in total. The molecule has 1 aliphatic heterocycles. The van der Waals surface area contributed by atoms with Crippen LogP contribution in [0.15, 0.2) is 5.16 Å². The lowest BCUT2D eigenvalue weighted by molar-refractivity contribution is 0.257. The first-order valence-corrected chi connectivity index (χ1v) is 7.00. The molecule has 94 valence electrons. The molecule has 1 rings (SSSR count). The van der Waals surface area contributed by atoms with E-state index < -0.39 is 10.8 Å². The molecular weight excluding hydrogens is 226 g/mol. The summed E-state index contributed by atoms with van der Waals surface area (Å²) in [6, 6.07) is 0. The Morgan fingerprint density at radius 3 is 2.56 bits per heavy atom. The van der Waals surface area contributed by atoms with Gasteiger partial charge in [-0.25, -0.2) is 0 Å². The smallest absolute Gasteiger partial charge is 0.144 e. The van der Waals surface area contributed by atoms with Crippen molar-refractivity contribution in [3.8, 4) is 0 Å². The summed E-state index contributed by atoms with van der Waals surface area (Å²) in [5.41, 5.74) is 5.33. The van der Waals surface area contributed by atoms with Gasteiger partial charge in [-0.3, -0.25) is 4.21 Å². The molecule has 0 aliphatic carbocycles. The van der Waals surface area contributed by atoms with Crippen LogP contribution >= 0.6 is 0 Å². The summed E-state index contributed by atoms with van der Waals surface area (Å²) in [5, 5.41) is 11.7. The van der Waals surface area contributed by atoms with Crippen molar-refractivity contribution in [3.63, 3.8) is 0 Å². The van der Waals surface area contributed by atoms with Gasteiger partial charge in [0.2, 0.25) is 0 Å². The normalized spacial score (nSPS) is 21.2. The number of nitrogens with two attached hydrogens (primary N) is 1. The molecule has 0 radical (unpaired) electrons. The van der Waals surface area contributed by atoms with Crippen LogP contribution in [-0.4, -0.2) is 51.3 Å². The number of hydrogen-bond donors (Lipinski definition) is 2. The van der Waals surface area contributed by atoms with E-state index in [0.717, 1.165) is 37.6 Å². The first-order valence-electron chi connectivity index (χ1n) is 5.51. The Labute approximate surface area is 99.1 Å². The summed E-state index contributed by atoms with van der Waals surface area (Å²) in [4.78, 5) is 2.29. The van der Waals surface area contributed by atoms with Crippen LogP contribution in [0.2, 0.25) is 0 Å². The Hall–Kier alpha value is -0.620. The van der Waals surface area contributed by atoms with Crippen LogP contribution in [0.3, 0.4) is 0 Å². The molecule has 0 amide bonds. The number of hydrogen-bond acceptors (Lipinski definition) is 4. The van der Waals surface area contributed by atoms with E-state index in [-0.39, 0.29) is 11.3 Å². The molecule has 0 saturated carbocycles. The average molecular weight is 247 g/mol. The third-order valence-electron chi connectivity index (χ3n) is 3.12. The lowest BCUT2D eigenvalue weighted by Crippen LogP contribution is -2.41. The summed E-state index contributed by atoms with van der Waals surface area (Å²) in [6.45, 7) is 6.60. The van der Waals surface area contributed by atoms with Crippen molar-refractivity contribution < 1.29 is 9.42 Å². The number of oxime groups is 1. The van der Waals surface area contributed by atoms with Gasteiger partial charge in [-0.2, -0.15) is 0 Å². The fourth-order valence-electron chi connectivity index (χ4n) is 1.60. The van der Waals surface area contributed by atoms with E-state index in [1.54, 1.807) is 0 Å². The van der Waals surface area contributed by atoms with E-state index in [2.05, 4.69) is 10.1 Å². The second-order valence-corrected chi connectivity index (χ2v) is 6.50. The molecule has 5 nitrogen and oxygen atoms in total. The van der Waals surface area contributed by atoms with E-state index in [9.17, 15) is 4.21 Å². The highest BCUT2D eigenvalue weighted by molar-refractivity contribution is 7.85. The zero-order valence-electron chi connectivity index (χ0n) is 9.98. The summed E-state index contributed by atoms with van der Waals surface area (Å²) >= 11 is 0. The molecule has 1 heterocycles. The average Bonchev–Trinajstić information content (AvgIpc) is 2.27. The molecule has 0 aromatic heterocycles. The number of amidine groups is 1. The Balaban J connectivity index is 2.37. The van der Waals surface area contributed by atoms with Crippen LogP contribution in [0.4, 0.5) is 0 Å². The van der Waals surface area contributed by atoms with E-state index in [0.29, 0.717) is 0 Å². The van der Waals surface area contributed by atoms with Crippen molar-refractivity contribution in [2.75, 3.05) is 31.1 Å². The summed E-state index contributed by atoms with van der Waals surface area (Å²) in [6.07, 6.45) is 0.843. The van der Waals surface area contributed by atoms with Gasteiger partial charge in [0.05, 0.1) is 0 Å². The summed E-state index contributed by atoms with van der Waals surface area (Å²) in [7, 11) is -0.626. The van der Waals surface area contributed by atoms with Crippen molar-refractivity contribution in [2.24, 2.45) is 16.3 Å². The largest absolute Gasteiger partial charge is 0.409 e. The van der Waals surface area contributed by atoms with Crippen molar-refractivity contribution in [1.82, 2.24) is 4.90 Å². The zero-order chi connectivity index (χ0) is 12.2. The second-order valence-electron chi connectivity index (χ2n) is 4.81. The van der Waals surface area contributed by atoms with Crippen molar-refractivity contribution in [1.29, 1.82) is 0 Å². The predicted molar refractivity (Wildman–Crippen MR) is 66.1 cm³/mol. The molecule has 16 heavy (non-hydrogen) atoms. The molecule has 1 fully saturated rings. The lowest BCUT2D eigenvalue weighted by Gasteiger charge is -2.30. The third-order valence-corrected chi connectivity index (χ3v) is 4.40. The maximum Gasteiger partial charge on any atom is 0.144 e. The standard InChI is InChI=1S/C10H21N3O2S/c1-10(2,9(11)12-14)3-4-13-5-7-16(15)8-6-13/h14H,3-8H2,1-2H3,(H2,11,12). The summed E-state index contributed by atoms with van der Waals surface area (Å²) in [5.74, 6) is 1.81. The highest BCUT2D eigenvalue weighted by atomic mass is 32.2. The van der Waals surface area contributed by atoms with Crippen LogP contribution in [0, 0.1) is 5.41 Å². The van der Waals surface area contributed by atoms with Gasteiger partial charge in [-0.05, 0) is 13.0 Å². The van der Waals surface area contributed by atoms with E-state index in [4.69, 9.17) is 10.9 Å². The Kier molecular flexibility index (Phi) is 4.73. The van der Waals surface area contributed by atoms with Crippen LogP contribution in [-0.2, 0) is 10.8 Å². The quantitative estimate of drug-likeness (QED) is 0.322. The van der Waals surface area contributed by atoms with Crippen molar-refractivity contribution >= 4 is 16.6 Å². The Morgan fingerprint density at radius 2 is 2.06 bits per heavy atom. The number of rotatable bonds is 4. The molecule has 0 aromatic carbocycles. The molecule has 1 aliphatic rings. The predicted octanol–water partition coefficient (Wildman–Crippen LogP) is 0.213. The first kappa shape index (κ1) is 13.4. The van der Waals surface area contributed by atoms with Crippen LogP contribution in [0.1, 0.15) is 20.3 Å². The molecule has 6 heteroatoms. The fourth-order valence-corrected chi connectivity index (χ4v) is 2.73. The van der Waals surface area contributed by atoms with Gasteiger partial charge in [-0.1, -0.05) is 19.0 Å². The Morgan fingerprint density at radius 1 is 1.50 bits per heavy atom. The van der Waals surface area contributed by atoms with Gasteiger partial charge in [0.1, 0.15) is 5.84 Å². The topological polar surface area (TPSA) is 78.9 Å². The minimum Gasteiger partial charge on any atom is -0.409 e. The maximum atomic E-state index is 11.2. The van der Waals surface area contributed by atoms with Gasteiger partial charge in [0, 0.05) is 40.8 Å². The van der Waals surface area contributed by atoms with E-state index >= 15 is 0 Å². The zero-order valence-corrected chi connectivity index (χ0v) is 10.8. The monoisotopic (exact) mass is 247 g/mol.